The Balaban J connectivity index is 1.58. The van der Waals surface area contributed by atoms with Crippen LogP contribution in [0.1, 0.15) is 39.1 Å². The van der Waals surface area contributed by atoms with Crippen LogP contribution in [0.25, 0.3) is 0 Å². The van der Waals surface area contributed by atoms with E-state index in [1.165, 1.54) is 12.1 Å². The zero-order valence-electron chi connectivity index (χ0n) is 15.6. The van der Waals surface area contributed by atoms with E-state index in [2.05, 4.69) is 10.6 Å². The first-order valence-corrected chi connectivity index (χ1v) is 10.5. The van der Waals surface area contributed by atoms with Gasteiger partial charge in [0.2, 0.25) is 0 Å². The number of carbonyl (C=O) groups excluding carboxylic acids is 2. The summed E-state index contributed by atoms with van der Waals surface area (Å²) in [7, 11) is -4.89. The highest BCUT2D eigenvalue weighted by atomic mass is 32.3. The SMILES string of the molecule is O=C(NCc1cccc(C(=O)NCC2CCCO2)c1)c1cccc(S(=O)(=O)F)c1. The molecule has 0 bridgehead atoms. The fourth-order valence-electron chi connectivity index (χ4n) is 3.01. The molecule has 9 heteroatoms. The highest BCUT2D eigenvalue weighted by Gasteiger charge is 2.17. The largest absolute Gasteiger partial charge is 0.376 e. The third kappa shape index (κ3) is 5.85. The molecule has 1 aliphatic heterocycles. The number of hydrogen-bond acceptors (Lipinski definition) is 5. The minimum atomic E-state index is -4.89. The molecule has 0 aromatic heterocycles. The van der Waals surface area contributed by atoms with E-state index < -0.39 is 21.0 Å². The second-order valence-corrected chi connectivity index (χ2v) is 8.04. The standard InChI is InChI=1S/C20H21FN2O5S/c21-29(26,27)18-8-2-6-16(11-18)20(25)22-12-14-4-1-5-15(10-14)19(24)23-13-17-7-3-9-28-17/h1-2,4-6,8,10-11,17H,3,7,9,12-13H2,(H,22,25)(H,23,24). The van der Waals surface area contributed by atoms with Gasteiger partial charge in [-0.1, -0.05) is 18.2 Å². The lowest BCUT2D eigenvalue weighted by Gasteiger charge is -2.11. The van der Waals surface area contributed by atoms with Crippen molar-refractivity contribution >= 4 is 22.0 Å². The number of halogens is 1. The number of carbonyl (C=O) groups is 2. The van der Waals surface area contributed by atoms with Crippen LogP contribution in [0.4, 0.5) is 3.89 Å². The molecule has 3 rings (SSSR count). The van der Waals surface area contributed by atoms with Crippen LogP contribution in [0.5, 0.6) is 0 Å². The van der Waals surface area contributed by atoms with E-state index >= 15 is 0 Å². The minimum absolute atomic E-state index is 0.0224. The van der Waals surface area contributed by atoms with Crippen LogP contribution in [0, 0.1) is 0 Å². The van der Waals surface area contributed by atoms with E-state index in [0.29, 0.717) is 17.7 Å². The monoisotopic (exact) mass is 420 g/mol. The molecule has 1 saturated heterocycles. The van der Waals surface area contributed by atoms with Crippen LogP contribution in [0.2, 0.25) is 0 Å². The Bertz CT molecular complexity index is 1000. The molecule has 0 radical (unpaired) electrons. The average Bonchev–Trinajstić information content (AvgIpc) is 3.23. The van der Waals surface area contributed by atoms with Crippen LogP contribution in [-0.4, -0.2) is 39.5 Å². The Kier molecular flexibility index (Phi) is 6.60. The molecule has 0 spiro atoms. The van der Waals surface area contributed by atoms with Gasteiger partial charge in [-0.15, -0.1) is 3.89 Å². The third-order valence-electron chi connectivity index (χ3n) is 4.53. The lowest BCUT2D eigenvalue weighted by molar-refractivity contribution is 0.0857. The summed E-state index contributed by atoms with van der Waals surface area (Å²) in [6.45, 7) is 1.29. The summed E-state index contributed by atoms with van der Waals surface area (Å²) >= 11 is 0. The molecule has 1 heterocycles. The molecule has 29 heavy (non-hydrogen) atoms. The van der Waals surface area contributed by atoms with Crippen molar-refractivity contribution in [1.29, 1.82) is 0 Å². The van der Waals surface area contributed by atoms with E-state index in [-0.39, 0.29) is 24.1 Å². The van der Waals surface area contributed by atoms with Gasteiger partial charge in [-0.2, -0.15) is 8.42 Å². The van der Waals surface area contributed by atoms with Crippen LogP contribution in [-0.2, 0) is 21.5 Å². The molecule has 0 saturated carbocycles. The van der Waals surface area contributed by atoms with Crippen LogP contribution in [0.3, 0.4) is 0 Å². The van der Waals surface area contributed by atoms with Gasteiger partial charge in [0.25, 0.3) is 11.8 Å². The normalized spacial score (nSPS) is 16.4. The number of ether oxygens (including phenoxy) is 1. The van der Waals surface area contributed by atoms with Crippen molar-refractivity contribution in [2.45, 2.75) is 30.4 Å². The second kappa shape index (κ2) is 9.15. The van der Waals surface area contributed by atoms with Gasteiger partial charge in [-0.3, -0.25) is 9.59 Å². The summed E-state index contributed by atoms with van der Waals surface area (Å²) in [6.07, 6.45) is 1.97. The van der Waals surface area contributed by atoms with Crippen LogP contribution in [0.15, 0.2) is 53.4 Å². The van der Waals surface area contributed by atoms with Crippen molar-refractivity contribution in [2.75, 3.05) is 13.2 Å². The summed E-state index contributed by atoms with van der Waals surface area (Å²) < 4.78 is 40.5. The van der Waals surface area contributed by atoms with Crippen molar-refractivity contribution in [3.8, 4) is 0 Å². The van der Waals surface area contributed by atoms with Crippen LogP contribution >= 0.6 is 0 Å². The fourth-order valence-corrected chi connectivity index (χ4v) is 3.52. The van der Waals surface area contributed by atoms with Crippen LogP contribution < -0.4 is 10.6 Å². The Morgan fingerprint density at radius 1 is 1.03 bits per heavy atom. The number of rotatable bonds is 7. The average molecular weight is 420 g/mol. The zero-order chi connectivity index (χ0) is 20.9. The van der Waals surface area contributed by atoms with Gasteiger partial charge >= 0.3 is 10.2 Å². The Labute approximate surface area is 168 Å². The Morgan fingerprint density at radius 2 is 1.72 bits per heavy atom. The number of amides is 2. The molecule has 1 unspecified atom stereocenters. The lowest BCUT2D eigenvalue weighted by atomic mass is 10.1. The predicted octanol–water partition coefficient (Wildman–Crippen LogP) is 2.18. The first-order valence-electron chi connectivity index (χ1n) is 9.14. The van der Waals surface area contributed by atoms with Gasteiger partial charge in [0, 0.05) is 30.8 Å². The number of benzene rings is 2. The second-order valence-electron chi connectivity index (χ2n) is 6.69. The smallest absolute Gasteiger partial charge is 0.332 e. The summed E-state index contributed by atoms with van der Waals surface area (Å²) in [5.41, 5.74) is 1.17. The molecular weight excluding hydrogens is 399 g/mol. The van der Waals surface area contributed by atoms with Gasteiger partial charge in [0.05, 0.1) is 11.0 Å². The topological polar surface area (TPSA) is 102 Å². The number of hydrogen-bond donors (Lipinski definition) is 2. The van der Waals surface area contributed by atoms with Gasteiger partial charge in [-0.25, -0.2) is 0 Å². The van der Waals surface area contributed by atoms with E-state index in [1.807, 2.05) is 0 Å². The van der Waals surface area contributed by atoms with Gasteiger partial charge in [-0.05, 0) is 48.7 Å². The molecule has 0 aliphatic carbocycles. The highest BCUT2D eigenvalue weighted by molar-refractivity contribution is 7.86. The van der Waals surface area contributed by atoms with Crippen molar-refractivity contribution in [3.05, 3.63) is 65.2 Å². The maximum Gasteiger partial charge on any atom is 0.332 e. The Hall–Kier alpha value is -2.78. The molecule has 2 amide bonds. The lowest BCUT2D eigenvalue weighted by Crippen LogP contribution is -2.31. The highest BCUT2D eigenvalue weighted by Crippen LogP contribution is 2.14. The van der Waals surface area contributed by atoms with Gasteiger partial charge < -0.3 is 15.4 Å². The molecule has 154 valence electrons. The molecule has 2 aromatic carbocycles. The van der Waals surface area contributed by atoms with Crippen molar-refractivity contribution in [2.24, 2.45) is 0 Å². The summed E-state index contributed by atoms with van der Waals surface area (Å²) in [5, 5.41) is 5.46. The first-order chi connectivity index (χ1) is 13.8. The third-order valence-corrected chi connectivity index (χ3v) is 5.35. The van der Waals surface area contributed by atoms with E-state index in [9.17, 15) is 21.9 Å². The summed E-state index contributed by atoms with van der Waals surface area (Å²) in [5.74, 6) is -0.779. The van der Waals surface area contributed by atoms with E-state index in [0.717, 1.165) is 31.6 Å². The minimum Gasteiger partial charge on any atom is -0.376 e. The summed E-state index contributed by atoms with van der Waals surface area (Å²) in [6, 6.07) is 11.5. The van der Waals surface area contributed by atoms with Crippen molar-refractivity contribution < 1.29 is 26.6 Å². The molecule has 1 atom stereocenters. The fraction of sp³-hybridized carbons (Fsp3) is 0.300. The predicted molar refractivity (Wildman–Crippen MR) is 104 cm³/mol. The first kappa shape index (κ1) is 20.9. The maximum absolute atomic E-state index is 13.1. The van der Waals surface area contributed by atoms with Gasteiger partial charge in [0.1, 0.15) is 0 Å². The molecule has 1 fully saturated rings. The zero-order valence-corrected chi connectivity index (χ0v) is 16.4. The molecule has 2 N–H and O–H groups in total. The molecule has 1 aliphatic rings. The van der Waals surface area contributed by atoms with Crippen molar-refractivity contribution in [3.63, 3.8) is 0 Å². The molecular formula is C20H21FN2O5S. The summed E-state index contributed by atoms with van der Waals surface area (Å²) in [4.78, 5) is 24.0. The van der Waals surface area contributed by atoms with E-state index in [4.69, 9.17) is 4.74 Å². The van der Waals surface area contributed by atoms with Gasteiger partial charge in [0.15, 0.2) is 0 Å². The Morgan fingerprint density at radius 3 is 2.41 bits per heavy atom. The quantitative estimate of drug-likeness (QED) is 0.669. The molecule has 7 nitrogen and oxygen atoms in total. The number of nitrogens with one attached hydrogen (secondary N) is 2. The maximum atomic E-state index is 13.1. The molecule has 2 aromatic rings. The van der Waals surface area contributed by atoms with Crippen molar-refractivity contribution in [1.82, 2.24) is 10.6 Å². The van der Waals surface area contributed by atoms with E-state index in [1.54, 1.807) is 24.3 Å².